The number of para-hydroxylation sites is 1. The Bertz CT molecular complexity index is 1170. The molecule has 0 spiro atoms. The third-order valence-electron chi connectivity index (χ3n) is 5.03. The number of anilines is 1. The van der Waals surface area contributed by atoms with E-state index >= 15 is 0 Å². The van der Waals surface area contributed by atoms with Gasteiger partial charge in [0.2, 0.25) is 0 Å². The second-order valence-corrected chi connectivity index (χ2v) is 8.61. The number of nitrogens with zero attached hydrogens (tertiary/aromatic N) is 2. The van der Waals surface area contributed by atoms with E-state index in [1.807, 2.05) is 31.2 Å². The fourth-order valence-electron chi connectivity index (χ4n) is 3.65. The summed E-state index contributed by atoms with van der Waals surface area (Å²) < 4.78 is 39.0. The van der Waals surface area contributed by atoms with E-state index in [2.05, 4.69) is 0 Å². The Kier molecular flexibility index (Phi) is 3.55. The summed E-state index contributed by atoms with van der Waals surface area (Å²) in [4.78, 5) is 4.89. The van der Waals surface area contributed by atoms with Gasteiger partial charge in [0, 0.05) is 18.0 Å². The molecular weight excluding hydrogens is 364 g/mol. The quantitative estimate of drug-likeness (QED) is 0.681. The van der Waals surface area contributed by atoms with Crippen LogP contribution in [0.5, 0.6) is 11.5 Å². The second-order valence-electron chi connectivity index (χ2n) is 6.75. The van der Waals surface area contributed by atoms with Gasteiger partial charge >= 0.3 is 0 Å². The van der Waals surface area contributed by atoms with E-state index in [4.69, 9.17) is 14.5 Å². The molecule has 5 rings (SSSR count). The van der Waals surface area contributed by atoms with Crippen LogP contribution in [0, 0.1) is 6.92 Å². The highest BCUT2D eigenvalue weighted by Crippen LogP contribution is 2.37. The molecule has 0 fully saturated rings. The van der Waals surface area contributed by atoms with Gasteiger partial charge in [-0.15, -0.1) is 0 Å². The summed E-state index contributed by atoms with van der Waals surface area (Å²) in [5.41, 5.74) is 2.81. The minimum atomic E-state index is -3.73. The summed E-state index contributed by atoms with van der Waals surface area (Å²) in [5, 5.41) is 1.03. The fourth-order valence-corrected chi connectivity index (χ4v) is 5.12. The van der Waals surface area contributed by atoms with Crippen molar-refractivity contribution in [1.82, 2.24) is 4.98 Å². The van der Waals surface area contributed by atoms with Gasteiger partial charge in [-0.1, -0.05) is 18.2 Å². The molecule has 7 heteroatoms. The first-order valence-electron chi connectivity index (χ1n) is 8.86. The van der Waals surface area contributed by atoms with Crippen LogP contribution in [0.25, 0.3) is 10.9 Å². The lowest BCUT2D eigenvalue weighted by Gasteiger charge is -2.22. The van der Waals surface area contributed by atoms with Crippen molar-refractivity contribution >= 4 is 26.7 Å². The Labute approximate surface area is 157 Å². The van der Waals surface area contributed by atoms with Crippen molar-refractivity contribution < 1.29 is 17.9 Å². The molecule has 1 aromatic heterocycles. The number of rotatable bonds is 2. The largest absolute Gasteiger partial charge is 0.486 e. The minimum Gasteiger partial charge on any atom is -0.486 e. The van der Waals surface area contributed by atoms with Crippen molar-refractivity contribution in [1.29, 1.82) is 0 Å². The molecule has 0 amide bonds. The highest BCUT2D eigenvalue weighted by Gasteiger charge is 2.33. The Morgan fingerprint density at radius 3 is 2.70 bits per heavy atom. The zero-order valence-corrected chi connectivity index (χ0v) is 15.6. The second kappa shape index (κ2) is 5.85. The van der Waals surface area contributed by atoms with Crippen LogP contribution < -0.4 is 13.8 Å². The van der Waals surface area contributed by atoms with Gasteiger partial charge in [-0.25, -0.2) is 17.7 Å². The van der Waals surface area contributed by atoms with E-state index in [0.29, 0.717) is 43.5 Å². The van der Waals surface area contributed by atoms with E-state index in [9.17, 15) is 8.42 Å². The topological polar surface area (TPSA) is 68.7 Å². The Morgan fingerprint density at radius 1 is 1.04 bits per heavy atom. The van der Waals surface area contributed by atoms with Crippen molar-refractivity contribution in [2.45, 2.75) is 18.2 Å². The summed E-state index contributed by atoms with van der Waals surface area (Å²) >= 11 is 0. The lowest BCUT2D eigenvalue weighted by atomic mass is 10.1. The zero-order valence-electron chi connectivity index (χ0n) is 14.8. The van der Waals surface area contributed by atoms with Gasteiger partial charge in [-0.3, -0.25) is 0 Å². The number of ether oxygens (including phenoxy) is 2. The van der Waals surface area contributed by atoms with E-state index in [1.54, 1.807) is 12.1 Å². The summed E-state index contributed by atoms with van der Waals surface area (Å²) in [7, 11) is -3.73. The van der Waals surface area contributed by atoms with Gasteiger partial charge in [-0.2, -0.15) is 0 Å². The fraction of sp³-hybridized carbons (Fsp3) is 0.250. The first kappa shape index (κ1) is 16.4. The zero-order chi connectivity index (χ0) is 18.6. The van der Waals surface area contributed by atoms with Crippen LogP contribution in [-0.2, 0) is 16.4 Å². The highest BCUT2D eigenvalue weighted by molar-refractivity contribution is 7.92. The average molecular weight is 382 g/mol. The first-order chi connectivity index (χ1) is 13.0. The Hall–Kier alpha value is -2.80. The van der Waals surface area contributed by atoms with Crippen LogP contribution in [0.4, 0.5) is 5.82 Å². The Morgan fingerprint density at radius 2 is 1.85 bits per heavy atom. The number of aromatic nitrogens is 1. The van der Waals surface area contributed by atoms with Gasteiger partial charge in [0.05, 0.1) is 10.4 Å². The van der Waals surface area contributed by atoms with Crippen LogP contribution in [-0.4, -0.2) is 33.2 Å². The molecule has 2 aliphatic heterocycles. The van der Waals surface area contributed by atoms with Crippen molar-refractivity contribution in [2.24, 2.45) is 0 Å². The van der Waals surface area contributed by atoms with Gasteiger partial charge in [-0.05, 0) is 42.7 Å². The molecule has 2 aromatic carbocycles. The van der Waals surface area contributed by atoms with Gasteiger partial charge in [0.25, 0.3) is 10.0 Å². The Balaban J connectivity index is 1.61. The van der Waals surface area contributed by atoms with Crippen molar-refractivity contribution in [3.8, 4) is 11.5 Å². The van der Waals surface area contributed by atoms with E-state index < -0.39 is 10.0 Å². The molecule has 3 heterocycles. The first-order valence-corrected chi connectivity index (χ1v) is 10.3. The van der Waals surface area contributed by atoms with Crippen LogP contribution in [0.15, 0.2) is 47.4 Å². The third kappa shape index (κ3) is 2.53. The monoisotopic (exact) mass is 382 g/mol. The molecule has 0 radical (unpaired) electrons. The lowest BCUT2D eigenvalue weighted by Crippen LogP contribution is -2.30. The van der Waals surface area contributed by atoms with Crippen LogP contribution in [0.1, 0.15) is 11.1 Å². The van der Waals surface area contributed by atoms with Gasteiger partial charge in [0.15, 0.2) is 11.5 Å². The van der Waals surface area contributed by atoms with Gasteiger partial charge in [0.1, 0.15) is 19.0 Å². The van der Waals surface area contributed by atoms with E-state index in [0.717, 1.165) is 22.0 Å². The summed E-state index contributed by atoms with van der Waals surface area (Å²) in [6.07, 6.45) is 0.649. The molecule has 0 saturated heterocycles. The molecule has 6 nitrogen and oxygen atoms in total. The van der Waals surface area contributed by atoms with E-state index in [1.165, 1.54) is 10.4 Å². The molecule has 27 heavy (non-hydrogen) atoms. The maximum Gasteiger partial charge on any atom is 0.265 e. The standard InChI is InChI=1S/C20H18N2O4S/c1-13-3-2-4-14-11-15-7-8-22(20(15)21-19(13)14)27(23,24)16-5-6-17-18(12-16)26-10-9-25-17/h2-6,11-12H,7-10H2,1H3. The molecule has 0 saturated carbocycles. The predicted octanol–water partition coefficient (Wildman–Crippen LogP) is 3.07. The average Bonchev–Trinajstić information content (AvgIpc) is 3.10. The molecule has 2 aliphatic rings. The number of pyridine rings is 1. The number of aryl methyl sites for hydroxylation is 1. The molecular formula is C20H18N2O4S. The van der Waals surface area contributed by atoms with Crippen LogP contribution >= 0.6 is 0 Å². The third-order valence-corrected chi connectivity index (χ3v) is 6.81. The number of benzene rings is 2. The van der Waals surface area contributed by atoms with Crippen LogP contribution in [0.3, 0.4) is 0 Å². The smallest absolute Gasteiger partial charge is 0.265 e. The normalized spacial score (nSPS) is 15.8. The number of fused-ring (bicyclic) bond motifs is 3. The minimum absolute atomic E-state index is 0.186. The number of hydrogen-bond acceptors (Lipinski definition) is 5. The van der Waals surface area contributed by atoms with Crippen molar-refractivity contribution in [2.75, 3.05) is 24.1 Å². The molecule has 0 atom stereocenters. The molecule has 138 valence electrons. The van der Waals surface area contributed by atoms with E-state index in [-0.39, 0.29) is 4.90 Å². The number of sulfonamides is 1. The summed E-state index contributed by atoms with van der Waals surface area (Å²) in [6, 6.07) is 12.8. The predicted molar refractivity (Wildman–Crippen MR) is 102 cm³/mol. The molecule has 0 unspecified atom stereocenters. The summed E-state index contributed by atoms with van der Waals surface area (Å²) in [5.74, 6) is 1.55. The molecule has 0 bridgehead atoms. The SMILES string of the molecule is Cc1cccc2cc3c(nc12)N(S(=O)(=O)c1ccc2c(c1)OCCO2)CC3. The molecule has 0 aliphatic carbocycles. The van der Waals surface area contributed by atoms with Crippen molar-refractivity contribution in [3.05, 3.63) is 53.6 Å². The lowest BCUT2D eigenvalue weighted by molar-refractivity contribution is 0.171. The summed E-state index contributed by atoms with van der Waals surface area (Å²) in [6.45, 7) is 3.25. The maximum absolute atomic E-state index is 13.3. The highest BCUT2D eigenvalue weighted by atomic mass is 32.2. The van der Waals surface area contributed by atoms with Crippen molar-refractivity contribution in [3.63, 3.8) is 0 Å². The van der Waals surface area contributed by atoms with Crippen LogP contribution in [0.2, 0.25) is 0 Å². The molecule has 3 aromatic rings. The van der Waals surface area contributed by atoms with Gasteiger partial charge < -0.3 is 9.47 Å². The maximum atomic E-state index is 13.3. The number of hydrogen-bond donors (Lipinski definition) is 0. The molecule has 0 N–H and O–H groups in total.